The average Bonchev–Trinajstić information content (AvgIpc) is 3.24. The average molecular weight is 394 g/mol. The van der Waals surface area contributed by atoms with Crippen LogP contribution in [-0.4, -0.2) is 75.2 Å². The van der Waals surface area contributed by atoms with E-state index in [1.807, 2.05) is 0 Å². The van der Waals surface area contributed by atoms with E-state index in [1.165, 1.54) is 10.8 Å². The summed E-state index contributed by atoms with van der Waals surface area (Å²) >= 11 is 0. The highest BCUT2D eigenvalue weighted by Crippen LogP contribution is 2.34. The highest BCUT2D eigenvalue weighted by Gasteiger charge is 2.45. The number of anilines is 1. The van der Waals surface area contributed by atoms with Gasteiger partial charge in [0.15, 0.2) is 5.82 Å². The summed E-state index contributed by atoms with van der Waals surface area (Å²) in [6.07, 6.45) is -2.81. The van der Waals surface area contributed by atoms with Gasteiger partial charge in [-0.05, 0) is 12.1 Å². The fourth-order valence-electron chi connectivity index (χ4n) is 3.43. The lowest BCUT2D eigenvalue weighted by atomic mass is 10.1. The monoisotopic (exact) mass is 394 g/mol. The molecule has 2 aromatic heterocycles. The molecule has 2 fully saturated rings. The second-order valence-corrected chi connectivity index (χ2v) is 6.77. The van der Waals surface area contributed by atoms with Crippen molar-refractivity contribution in [3.8, 4) is 0 Å². The van der Waals surface area contributed by atoms with Crippen LogP contribution in [0.5, 0.6) is 0 Å². The Morgan fingerprint density at radius 2 is 2.07 bits per heavy atom. The summed E-state index contributed by atoms with van der Waals surface area (Å²) in [5.74, 6) is 0.282. The number of nitrogen functional groups attached to an aromatic ring is 1. The van der Waals surface area contributed by atoms with Crippen LogP contribution >= 0.6 is 0 Å². The van der Waals surface area contributed by atoms with Crippen LogP contribution < -0.4 is 5.73 Å². The van der Waals surface area contributed by atoms with Crippen LogP contribution in [0.4, 0.5) is 10.6 Å². The van der Waals surface area contributed by atoms with E-state index in [0.717, 1.165) is 0 Å². The van der Waals surface area contributed by atoms with Crippen molar-refractivity contribution in [2.45, 2.75) is 43.4 Å². The molecule has 4 rings (SSSR count). The normalized spacial score (nSPS) is 28.5. The fraction of sp³-hybridized carbons (Fsp3) is 0.588. The standard InChI is InChI=1S/C17H22N4O7/c18-16-11-2-1-10(21(11)20-8-19-16)15-14(23)13(22)12(28-15)7-26-17(24)27-9-3-5-25-6-4-9/h1-2,8-9,12-15,22-23H,3-7H2,(H2,18,19,20)/t12-,13-,14-,15+/m1/s1. The molecule has 11 nitrogen and oxygen atoms in total. The van der Waals surface area contributed by atoms with Gasteiger partial charge >= 0.3 is 6.16 Å². The number of nitrogens with zero attached hydrogens (tertiary/aromatic N) is 3. The van der Waals surface area contributed by atoms with Crippen LogP contribution in [0, 0.1) is 0 Å². The van der Waals surface area contributed by atoms with Gasteiger partial charge in [0, 0.05) is 12.8 Å². The van der Waals surface area contributed by atoms with Crippen molar-refractivity contribution < 1.29 is 34.0 Å². The number of carbonyl (C=O) groups excluding carboxylic acids is 1. The molecule has 4 heterocycles. The summed E-state index contributed by atoms with van der Waals surface area (Å²) in [7, 11) is 0. The van der Waals surface area contributed by atoms with E-state index in [0.29, 0.717) is 37.3 Å². The first-order chi connectivity index (χ1) is 13.5. The van der Waals surface area contributed by atoms with Crippen LogP contribution in [0.3, 0.4) is 0 Å². The Labute approximate surface area is 160 Å². The molecule has 0 bridgehead atoms. The third-order valence-corrected chi connectivity index (χ3v) is 4.96. The maximum atomic E-state index is 11.9. The second-order valence-electron chi connectivity index (χ2n) is 6.77. The Bertz CT molecular complexity index is 838. The highest BCUT2D eigenvalue weighted by atomic mass is 16.7. The van der Waals surface area contributed by atoms with E-state index in [4.69, 9.17) is 24.7 Å². The van der Waals surface area contributed by atoms with Crippen molar-refractivity contribution >= 4 is 17.5 Å². The summed E-state index contributed by atoms with van der Waals surface area (Å²) in [6, 6.07) is 3.38. The van der Waals surface area contributed by atoms with Gasteiger partial charge < -0.3 is 34.9 Å². The largest absolute Gasteiger partial charge is 0.508 e. The zero-order chi connectivity index (χ0) is 19.7. The molecule has 0 radical (unpaired) electrons. The summed E-state index contributed by atoms with van der Waals surface area (Å²) in [4.78, 5) is 15.8. The number of aliphatic hydroxyl groups excluding tert-OH is 2. The number of aromatic nitrogens is 3. The molecule has 0 spiro atoms. The SMILES string of the molecule is Nc1ncnn2c([C@@H]3O[C@H](COC(=O)OC4CCOCC4)[C@@H](O)[C@H]3O)ccc12. The molecule has 4 N–H and O–H groups in total. The molecule has 0 unspecified atom stereocenters. The van der Waals surface area contributed by atoms with Gasteiger partial charge in [-0.15, -0.1) is 0 Å². The van der Waals surface area contributed by atoms with Crippen molar-refractivity contribution in [2.24, 2.45) is 0 Å². The smallest absolute Gasteiger partial charge is 0.431 e. The Hall–Kier alpha value is -2.47. The summed E-state index contributed by atoms with van der Waals surface area (Å²) < 4.78 is 22.7. The van der Waals surface area contributed by atoms with Gasteiger partial charge in [0.25, 0.3) is 0 Å². The second kappa shape index (κ2) is 7.87. The molecule has 2 aromatic rings. The minimum atomic E-state index is -1.24. The number of nitrogens with two attached hydrogens (primary N) is 1. The van der Waals surface area contributed by atoms with Gasteiger partial charge in [0.2, 0.25) is 0 Å². The summed E-state index contributed by atoms with van der Waals surface area (Å²) in [5, 5.41) is 24.8. The molecule has 0 amide bonds. The number of hydrogen-bond acceptors (Lipinski definition) is 10. The Balaban J connectivity index is 1.38. The predicted octanol–water partition coefficient (Wildman–Crippen LogP) is -0.195. The number of carbonyl (C=O) groups is 1. The molecular weight excluding hydrogens is 372 g/mol. The van der Waals surface area contributed by atoms with E-state index in [9.17, 15) is 15.0 Å². The summed E-state index contributed by atoms with van der Waals surface area (Å²) in [5.41, 5.74) is 6.87. The topological polar surface area (TPSA) is 151 Å². The van der Waals surface area contributed by atoms with Gasteiger partial charge in [-0.1, -0.05) is 0 Å². The summed E-state index contributed by atoms with van der Waals surface area (Å²) in [6.45, 7) is 0.822. The first-order valence-corrected chi connectivity index (χ1v) is 9.05. The van der Waals surface area contributed by atoms with E-state index in [2.05, 4.69) is 10.1 Å². The first-order valence-electron chi connectivity index (χ1n) is 9.05. The molecule has 0 saturated carbocycles. The lowest BCUT2D eigenvalue weighted by molar-refractivity contribution is -0.0606. The third kappa shape index (κ3) is 3.61. The minimum Gasteiger partial charge on any atom is -0.431 e. The van der Waals surface area contributed by atoms with Crippen molar-refractivity contribution in [1.29, 1.82) is 0 Å². The van der Waals surface area contributed by atoms with Crippen LogP contribution in [0.1, 0.15) is 24.6 Å². The number of ether oxygens (including phenoxy) is 4. The highest BCUT2D eigenvalue weighted by molar-refractivity contribution is 5.65. The van der Waals surface area contributed by atoms with Gasteiger partial charge in [-0.25, -0.2) is 14.3 Å². The Morgan fingerprint density at radius 3 is 2.86 bits per heavy atom. The van der Waals surface area contributed by atoms with Crippen molar-refractivity contribution in [3.63, 3.8) is 0 Å². The van der Waals surface area contributed by atoms with Gasteiger partial charge in [-0.2, -0.15) is 5.10 Å². The molecule has 0 aromatic carbocycles. The number of aliphatic hydroxyl groups is 2. The number of rotatable bonds is 4. The van der Waals surface area contributed by atoms with Gasteiger partial charge in [-0.3, -0.25) is 0 Å². The lowest BCUT2D eigenvalue weighted by Gasteiger charge is -2.22. The Morgan fingerprint density at radius 1 is 1.29 bits per heavy atom. The molecule has 152 valence electrons. The maximum absolute atomic E-state index is 11.9. The first kappa shape index (κ1) is 18.9. The van der Waals surface area contributed by atoms with Crippen molar-refractivity contribution in [1.82, 2.24) is 14.6 Å². The quantitative estimate of drug-likeness (QED) is 0.595. The molecular formula is C17H22N4O7. The van der Waals surface area contributed by atoms with Crippen LogP contribution in [0.15, 0.2) is 18.5 Å². The zero-order valence-corrected chi connectivity index (χ0v) is 15.0. The molecule has 0 aliphatic carbocycles. The third-order valence-electron chi connectivity index (χ3n) is 4.96. The zero-order valence-electron chi connectivity index (χ0n) is 15.0. The van der Waals surface area contributed by atoms with Crippen LogP contribution in [-0.2, 0) is 18.9 Å². The Kier molecular flexibility index (Phi) is 5.31. The van der Waals surface area contributed by atoms with Crippen LogP contribution in [0.2, 0.25) is 0 Å². The lowest BCUT2D eigenvalue weighted by Crippen LogP contribution is -2.34. The van der Waals surface area contributed by atoms with Gasteiger partial charge in [0.1, 0.15) is 49.0 Å². The van der Waals surface area contributed by atoms with Crippen molar-refractivity contribution in [3.05, 3.63) is 24.2 Å². The molecule has 28 heavy (non-hydrogen) atoms. The predicted molar refractivity (Wildman–Crippen MR) is 93.3 cm³/mol. The minimum absolute atomic E-state index is 0.244. The van der Waals surface area contributed by atoms with Crippen molar-refractivity contribution in [2.75, 3.05) is 25.6 Å². The maximum Gasteiger partial charge on any atom is 0.508 e. The van der Waals surface area contributed by atoms with Gasteiger partial charge in [0.05, 0.1) is 18.9 Å². The van der Waals surface area contributed by atoms with E-state index in [-0.39, 0.29) is 18.5 Å². The van der Waals surface area contributed by atoms with E-state index < -0.39 is 30.6 Å². The molecule has 2 aliphatic heterocycles. The molecule has 11 heteroatoms. The fourth-order valence-corrected chi connectivity index (χ4v) is 3.43. The number of hydrogen-bond donors (Lipinski definition) is 3. The van der Waals surface area contributed by atoms with E-state index >= 15 is 0 Å². The molecule has 4 atom stereocenters. The van der Waals surface area contributed by atoms with Crippen LogP contribution in [0.25, 0.3) is 5.52 Å². The molecule has 2 aliphatic rings. The molecule has 2 saturated heterocycles. The van der Waals surface area contributed by atoms with E-state index in [1.54, 1.807) is 12.1 Å². The number of fused-ring (bicyclic) bond motifs is 1.